The van der Waals surface area contributed by atoms with Gasteiger partial charge in [0.1, 0.15) is 12.1 Å². The maximum atomic E-state index is 11.4. The summed E-state index contributed by atoms with van der Waals surface area (Å²) >= 11 is 0. The molecular weight excluding hydrogens is 186 g/mol. The number of ether oxygens (including phenoxy) is 1. The molecule has 0 radical (unpaired) electrons. The highest BCUT2D eigenvalue weighted by atomic mass is 16.6. The molecule has 1 amide bonds. The van der Waals surface area contributed by atoms with Gasteiger partial charge in [-0.2, -0.15) is 0 Å². The summed E-state index contributed by atoms with van der Waals surface area (Å²) in [5, 5.41) is 8.51. The zero-order valence-electron chi connectivity index (χ0n) is 9.03. The van der Waals surface area contributed by atoms with E-state index in [9.17, 15) is 9.59 Å². The minimum Gasteiger partial charge on any atom is -0.480 e. The predicted molar refractivity (Wildman–Crippen MR) is 51.1 cm³/mol. The van der Waals surface area contributed by atoms with Crippen LogP contribution in [0.25, 0.3) is 0 Å². The fraction of sp³-hybridized carbons (Fsp3) is 0.778. The molecule has 82 valence electrons. The van der Waals surface area contributed by atoms with Crippen molar-refractivity contribution in [3.8, 4) is 0 Å². The Morgan fingerprint density at radius 2 is 1.86 bits per heavy atom. The van der Waals surface area contributed by atoms with Crippen LogP contribution in [0, 0.1) is 0 Å². The van der Waals surface area contributed by atoms with E-state index in [1.54, 1.807) is 27.7 Å². The van der Waals surface area contributed by atoms with E-state index in [1.165, 1.54) is 0 Å². The highest BCUT2D eigenvalue weighted by Gasteiger charge is 2.22. The summed E-state index contributed by atoms with van der Waals surface area (Å²) in [5.74, 6) is -1.04. The van der Waals surface area contributed by atoms with Gasteiger partial charge >= 0.3 is 12.1 Å². The van der Waals surface area contributed by atoms with Crippen molar-refractivity contribution >= 4 is 12.1 Å². The first-order valence-electron chi connectivity index (χ1n) is 4.46. The normalized spacial score (nSPS) is 10.9. The molecule has 5 nitrogen and oxygen atoms in total. The summed E-state index contributed by atoms with van der Waals surface area (Å²) in [6.45, 7) is 6.90. The van der Waals surface area contributed by atoms with Crippen LogP contribution in [0.3, 0.4) is 0 Å². The third-order valence-corrected chi connectivity index (χ3v) is 1.36. The second-order valence-corrected chi connectivity index (χ2v) is 3.89. The first kappa shape index (κ1) is 12.7. The number of carbonyl (C=O) groups excluding carboxylic acids is 1. The lowest BCUT2D eigenvalue weighted by atomic mass is 10.2. The second kappa shape index (κ2) is 4.83. The van der Waals surface area contributed by atoms with Crippen LogP contribution in [0.4, 0.5) is 4.79 Å². The lowest BCUT2D eigenvalue weighted by molar-refractivity contribution is -0.138. The highest BCUT2D eigenvalue weighted by molar-refractivity contribution is 5.76. The van der Waals surface area contributed by atoms with Crippen molar-refractivity contribution in [1.29, 1.82) is 0 Å². The second-order valence-electron chi connectivity index (χ2n) is 3.89. The number of amides is 1. The highest BCUT2D eigenvalue weighted by Crippen LogP contribution is 2.09. The van der Waals surface area contributed by atoms with Gasteiger partial charge in [0.15, 0.2) is 0 Å². The minimum absolute atomic E-state index is 0.321. The molecule has 0 aliphatic heterocycles. The van der Waals surface area contributed by atoms with Gasteiger partial charge in [0, 0.05) is 6.54 Å². The Hall–Kier alpha value is -1.26. The number of hydrogen-bond donors (Lipinski definition) is 1. The molecule has 0 saturated carbocycles. The van der Waals surface area contributed by atoms with Crippen molar-refractivity contribution in [2.45, 2.75) is 33.3 Å². The van der Waals surface area contributed by atoms with Crippen molar-refractivity contribution in [1.82, 2.24) is 4.90 Å². The first-order chi connectivity index (χ1) is 6.26. The van der Waals surface area contributed by atoms with Gasteiger partial charge in [0.25, 0.3) is 0 Å². The Balaban J connectivity index is 4.25. The molecule has 0 spiro atoms. The van der Waals surface area contributed by atoms with E-state index >= 15 is 0 Å². The van der Waals surface area contributed by atoms with E-state index in [4.69, 9.17) is 9.84 Å². The molecule has 0 heterocycles. The fourth-order valence-corrected chi connectivity index (χ4v) is 0.795. The van der Waals surface area contributed by atoms with Gasteiger partial charge < -0.3 is 9.84 Å². The van der Waals surface area contributed by atoms with Gasteiger partial charge in [-0.05, 0) is 27.7 Å². The van der Waals surface area contributed by atoms with Crippen molar-refractivity contribution in [2.24, 2.45) is 0 Å². The van der Waals surface area contributed by atoms with Gasteiger partial charge in [0.05, 0.1) is 0 Å². The van der Waals surface area contributed by atoms with Crippen LogP contribution in [-0.2, 0) is 9.53 Å². The summed E-state index contributed by atoms with van der Waals surface area (Å²) < 4.78 is 5.02. The summed E-state index contributed by atoms with van der Waals surface area (Å²) in [4.78, 5) is 22.9. The molecule has 0 aromatic heterocycles. The number of aliphatic carboxylic acids is 1. The lowest BCUT2D eigenvalue weighted by Gasteiger charge is -2.25. The lowest BCUT2D eigenvalue weighted by Crippen LogP contribution is -2.39. The van der Waals surface area contributed by atoms with Crippen molar-refractivity contribution in [3.63, 3.8) is 0 Å². The average Bonchev–Trinajstić information content (AvgIpc) is 1.96. The molecule has 0 aromatic carbocycles. The summed E-state index contributed by atoms with van der Waals surface area (Å²) in [5.41, 5.74) is -0.594. The number of hydrogen-bond acceptors (Lipinski definition) is 3. The maximum Gasteiger partial charge on any atom is 0.410 e. The van der Waals surface area contributed by atoms with E-state index in [-0.39, 0.29) is 6.54 Å². The van der Waals surface area contributed by atoms with E-state index in [1.807, 2.05) is 0 Å². The van der Waals surface area contributed by atoms with E-state index in [2.05, 4.69) is 0 Å². The molecule has 0 rings (SSSR count). The number of carboxylic acid groups (broad SMARTS) is 1. The standard InChI is InChI=1S/C9H17NO4/c1-5-10(6-7(11)12)8(13)14-9(2,3)4/h5-6H2,1-4H3,(H,11,12). The molecule has 0 bridgehead atoms. The monoisotopic (exact) mass is 203 g/mol. The fourth-order valence-electron chi connectivity index (χ4n) is 0.795. The quantitative estimate of drug-likeness (QED) is 0.751. The van der Waals surface area contributed by atoms with Crippen molar-refractivity contribution in [3.05, 3.63) is 0 Å². The summed E-state index contributed by atoms with van der Waals surface area (Å²) in [6, 6.07) is 0. The predicted octanol–water partition coefficient (Wildman–Crippen LogP) is 1.33. The topological polar surface area (TPSA) is 66.8 Å². The third-order valence-electron chi connectivity index (χ3n) is 1.36. The number of nitrogens with zero attached hydrogens (tertiary/aromatic N) is 1. The van der Waals surface area contributed by atoms with Crippen LogP contribution in [0.5, 0.6) is 0 Å². The summed E-state index contributed by atoms with van der Waals surface area (Å²) in [6.07, 6.45) is -0.595. The molecule has 0 fully saturated rings. The molecule has 1 N–H and O–H groups in total. The van der Waals surface area contributed by atoms with Gasteiger partial charge in [-0.3, -0.25) is 9.69 Å². The SMILES string of the molecule is CCN(CC(=O)O)C(=O)OC(C)(C)C. The van der Waals surface area contributed by atoms with Gasteiger partial charge in [0.2, 0.25) is 0 Å². The molecule has 0 aliphatic rings. The zero-order valence-corrected chi connectivity index (χ0v) is 9.03. The van der Waals surface area contributed by atoms with E-state index in [0.717, 1.165) is 4.90 Å². The maximum absolute atomic E-state index is 11.4. The molecule has 14 heavy (non-hydrogen) atoms. The van der Waals surface area contributed by atoms with Crippen LogP contribution in [0.1, 0.15) is 27.7 Å². The third kappa shape index (κ3) is 5.40. The molecule has 0 saturated heterocycles. The Morgan fingerprint density at radius 1 is 1.36 bits per heavy atom. The molecule has 0 aliphatic carbocycles. The number of carboxylic acids is 1. The molecular formula is C9H17NO4. The van der Waals surface area contributed by atoms with Gasteiger partial charge in [-0.15, -0.1) is 0 Å². The Labute approximate surface area is 83.6 Å². The Bertz CT molecular complexity index is 219. The van der Waals surface area contributed by atoms with Crippen LogP contribution in [-0.4, -0.2) is 40.8 Å². The molecule has 0 aromatic rings. The first-order valence-corrected chi connectivity index (χ1v) is 4.46. The van der Waals surface area contributed by atoms with Gasteiger partial charge in [-0.1, -0.05) is 0 Å². The Morgan fingerprint density at radius 3 is 2.14 bits per heavy atom. The number of likely N-dealkylation sites (N-methyl/N-ethyl adjacent to an activating group) is 1. The molecule has 0 atom stereocenters. The largest absolute Gasteiger partial charge is 0.480 e. The smallest absolute Gasteiger partial charge is 0.410 e. The van der Waals surface area contributed by atoms with Crippen LogP contribution >= 0.6 is 0 Å². The van der Waals surface area contributed by atoms with Crippen LogP contribution < -0.4 is 0 Å². The molecule has 5 heteroatoms. The van der Waals surface area contributed by atoms with Crippen molar-refractivity contribution < 1.29 is 19.4 Å². The van der Waals surface area contributed by atoms with E-state index < -0.39 is 17.7 Å². The van der Waals surface area contributed by atoms with E-state index in [0.29, 0.717) is 6.54 Å². The molecule has 0 unspecified atom stereocenters. The summed E-state index contributed by atoms with van der Waals surface area (Å²) in [7, 11) is 0. The Kier molecular flexibility index (Phi) is 4.40. The van der Waals surface area contributed by atoms with Crippen LogP contribution in [0.2, 0.25) is 0 Å². The number of carbonyl (C=O) groups is 2. The van der Waals surface area contributed by atoms with Gasteiger partial charge in [-0.25, -0.2) is 4.79 Å². The average molecular weight is 203 g/mol. The number of rotatable bonds is 3. The minimum atomic E-state index is -1.04. The van der Waals surface area contributed by atoms with Crippen molar-refractivity contribution in [2.75, 3.05) is 13.1 Å². The zero-order chi connectivity index (χ0) is 11.4. The van der Waals surface area contributed by atoms with Crippen LogP contribution in [0.15, 0.2) is 0 Å².